The Balaban J connectivity index is 1.79. The molecule has 0 aromatic carbocycles. The van der Waals surface area contributed by atoms with E-state index in [9.17, 15) is 4.79 Å². The van der Waals surface area contributed by atoms with Crippen LogP contribution < -0.4 is 11.1 Å². The topological polar surface area (TPSA) is 90.4 Å². The number of anilines is 1. The molecule has 1 aliphatic heterocycles. The zero-order valence-electron chi connectivity index (χ0n) is 11.7. The first kappa shape index (κ1) is 14.1. The summed E-state index contributed by atoms with van der Waals surface area (Å²) in [6.45, 7) is 3.20. The van der Waals surface area contributed by atoms with Crippen LogP contribution in [0.25, 0.3) is 10.6 Å². The van der Waals surface area contributed by atoms with Gasteiger partial charge >= 0.3 is 0 Å². The third kappa shape index (κ3) is 2.79. The molecule has 0 radical (unpaired) electrons. The van der Waals surface area contributed by atoms with E-state index in [1.54, 1.807) is 0 Å². The quantitative estimate of drug-likeness (QED) is 0.903. The minimum Gasteiger partial charge on any atom is -0.376 e. The molecule has 112 valence electrons. The van der Waals surface area contributed by atoms with Crippen LogP contribution in [0.3, 0.4) is 0 Å². The summed E-state index contributed by atoms with van der Waals surface area (Å²) in [5.41, 5.74) is 7.62. The van der Waals surface area contributed by atoms with Gasteiger partial charge in [-0.05, 0) is 36.8 Å². The number of aryl methyl sites for hydroxylation is 1. The second-order valence-corrected chi connectivity index (χ2v) is 5.96. The van der Waals surface area contributed by atoms with Crippen LogP contribution in [-0.2, 0) is 4.74 Å². The first-order chi connectivity index (χ1) is 10.2. The minimum absolute atomic E-state index is 0.0441. The molecule has 1 atom stereocenters. The van der Waals surface area contributed by atoms with E-state index >= 15 is 0 Å². The molecule has 3 rings (SSSR count). The van der Waals surface area contributed by atoms with Crippen molar-refractivity contribution in [2.75, 3.05) is 18.9 Å². The Bertz CT molecular complexity index is 644. The molecular weight excluding hydrogens is 290 g/mol. The average Bonchev–Trinajstić information content (AvgIpc) is 3.17. The van der Waals surface area contributed by atoms with Crippen LogP contribution in [0.4, 0.5) is 5.88 Å². The van der Waals surface area contributed by atoms with Crippen LogP contribution in [0.5, 0.6) is 0 Å². The number of carbonyl (C=O) groups is 1. The third-order valence-electron chi connectivity index (χ3n) is 3.54. The molecule has 1 aliphatic rings. The lowest BCUT2D eigenvalue weighted by Crippen LogP contribution is -2.32. The van der Waals surface area contributed by atoms with Gasteiger partial charge in [0.15, 0.2) is 0 Å². The maximum Gasteiger partial charge on any atom is 0.259 e. The van der Waals surface area contributed by atoms with Crippen molar-refractivity contribution >= 4 is 23.1 Å². The van der Waals surface area contributed by atoms with E-state index < -0.39 is 0 Å². The number of hydrogen-bond donors (Lipinski definition) is 2. The number of nitrogens with zero attached hydrogens (tertiary/aromatic N) is 1. The lowest BCUT2D eigenvalue weighted by Gasteiger charge is -2.10. The Kier molecular flexibility index (Phi) is 3.94. The summed E-state index contributed by atoms with van der Waals surface area (Å²) in [4.78, 5) is 13.3. The summed E-state index contributed by atoms with van der Waals surface area (Å²) in [7, 11) is 0. The van der Waals surface area contributed by atoms with E-state index in [0.29, 0.717) is 17.8 Å². The van der Waals surface area contributed by atoms with E-state index in [1.165, 1.54) is 11.3 Å². The molecule has 0 saturated carbocycles. The Morgan fingerprint density at radius 3 is 3.14 bits per heavy atom. The van der Waals surface area contributed by atoms with E-state index in [0.717, 1.165) is 29.9 Å². The number of thiophene rings is 1. The molecule has 21 heavy (non-hydrogen) atoms. The number of aromatic nitrogens is 1. The van der Waals surface area contributed by atoms with E-state index in [1.807, 2.05) is 18.4 Å². The molecular formula is C14H17N3O3S. The number of nitrogens with two attached hydrogens (primary N) is 1. The summed E-state index contributed by atoms with van der Waals surface area (Å²) < 4.78 is 10.5. The van der Waals surface area contributed by atoms with Gasteiger partial charge in [0.05, 0.1) is 11.0 Å². The first-order valence-electron chi connectivity index (χ1n) is 6.86. The van der Waals surface area contributed by atoms with Crippen LogP contribution in [0.15, 0.2) is 16.0 Å². The number of amides is 1. The summed E-state index contributed by atoms with van der Waals surface area (Å²) >= 11 is 1.51. The molecule has 3 heterocycles. The van der Waals surface area contributed by atoms with Crippen molar-refractivity contribution in [2.45, 2.75) is 25.9 Å². The highest BCUT2D eigenvalue weighted by molar-refractivity contribution is 7.13. The Morgan fingerprint density at radius 1 is 1.62 bits per heavy atom. The molecule has 1 unspecified atom stereocenters. The fourth-order valence-electron chi connectivity index (χ4n) is 2.39. The third-order valence-corrected chi connectivity index (χ3v) is 4.56. The summed E-state index contributed by atoms with van der Waals surface area (Å²) in [6.07, 6.45) is 2.09. The average molecular weight is 307 g/mol. The molecule has 6 nitrogen and oxygen atoms in total. The van der Waals surface area contributed by atoms with Gasteiger partial charge in [0, 0.05) is 13.2 Å². The van der Waals surface area contributed by atoms with Gasteiger partial charge in [-0.25, -0.2) is 0 Å². The normalized spacial score (nSPS) is 18.0. The molecule has 0 spiro atoms. The van der Waals surface area contributed by atoms with Crippen LogP contribution in [-0.4, -0.2) is 30.3 Å². The van der Waals surface area contributed by atoms with E-state index in [4.69, 9.17) is 15.0 Å². The molecule has 3 N–H and O–H groups in total. The highest BCUT2D eigenvalue weighted by Gasteiger charge is 2.25. The first-order valence-corrected chi connectivity index (χ1v) is 7.74. The Hall–Kier alpha value is -1.86. The highest BCUT2D eigenvalue weighted by Crippen LogP contribution is 2.33. The summed E-state index contributed by atoms with van der Waals surface area (Å²) in [6, 6.07) is 1.97. The maximum absolute atomic E-state index is 12.4. The molecule has 2 aromatic heterocycles. The molecule has 0 bridgehead atoms. The van der Waals surface area contributed by atoms with Crippen LogP contribution in [0.1, 0.15) is 28.8 Å². The molecule has 1 saturated heterocycles. The molecule has 1 fully saturated rings. The number of nitrogen functional groups attached to an aromatic ring is 1. The molecule has 0 aliphatic carbocycles. The second kappa shape index (κ2) is 5.87. The lowest BCUT2D eigenvalue weighted by molar-refractivity contribution is 0.0858. The van der Waals surface area contributed by atoms with Crippen molar-refractivity contribution in [3.05, 3.63) is 22.6 Å². The zero-order valence-corrected chi connectivity index (χ0v) is 12.5. The van der Waals surface area contributed by atoms with Crippen molar-refractivity contribution in [1.29, 1.82) is 0 Å². The predicted octanol–water partition coefficient (Wildman–Crippen LogP) is 2.20. The molecule has 2 aromatic rings. The van der Waals surface area contributed by atoms with E-state index in [2.05, 4.69) is 10.5 Å². The van der Waals surface area contributed by atoms with Crippen molar-refractivity contribution in [3.63, 3.8) is 0 Å². The summed E-state index contributed by atoms with van der Waals surface area (Å²) in [5.74, 6) is -0.227. The standard InChI is InChI=1S/C14H17N3O3S/c1-8-4-6-21-12(8)11-10(13(15)20-17-11)14(18)16-7-9-3-2-5-19-9/h4,6,9H,2-3,5,7,15H2,1H3,(H,16,18). The Morgan fingerprint density at radius 2 is 2.48 bits per heavy atom. The van der Waals surface area contributed by atoms with Crippen molar-refractivity contribution in [1.82, 2.24) is 10.5 Å². The number of ether oxygens (including phenoxy) is 1. The number of rotatable bonds is 4. The zero-order chi connectivity index (χ0) is 14.8. The van der Waals surface area contributed by atoms with Gasteiger partial charge in [-0.1, -0.05) is 5.16 Å². The predicted molar refractivity (Wildman–Crippen MR) is 80.3 cm³/mol. The fourth-order valence-corrected chi connectivity index (χ4v) is 3.31. The fraction of sp³-hybridized carbons (Fsp3) is 0.429. The van der Waals surface area contributed by atoms with E-state index in [-0.39, 0.29) is 17.9 Å². The van der Waals surface area contributed by atoms with Crippen molar-refractivity contribution in [2.24, 2.45) is 0 Å². The molecule has 1 amide bonds. The number of nitrogens with one attached hydrogen (secondary N) is 1. The SMILES string of the molecule is Cc1ccsc1-c1noc(N)c1C(=O)NCC1CCCO1. The van der Waals surface area contributed by atoms with Gasteiger partial charge in [-0.15, -0.1) is 11.3 Å². The largest absolute Gasteiger partial charge is 0.376 e. The van der Waals surface area contributed by atoms with Crippen LogP contribution >= 0.6 is 11.3 Å². The number of carbonyl (C=O) groups excluding carboxylic acids is 1. The lowest BCUT2D eigenvalue weighted by atomic mass is 10.1. The summed E-state index contributed by atoms with van der Waals surface area (Å²) in [5, 5.41) is 8.74. The van der Waals surface area contributed by atoms with Gasteiger partial charge in [-0.3, -0.25) is 4.79 Å². The van der Waals surface area contributed by atoms with Crippen molar-refractivity contribution in [3.8, 4) is 10.6 Å². The Labute approximate surface area is 126 Å². The van der Waals surface area contributed by atoms with Crippen molar-refractivity contribution < 1.29 is 14.1 Å². The molecule has 7 heteroatoms. The highest BCUT2D eigenvalue weighted by atomic mass is 32.1. The minimum atomic E-state index is -0.271. The van der Waals surface area contributed by atoms with Gasteiger partial charge in [0.2, 0.25) is 5.88 Å². The van der Waals surface area contributed by atoms with Crippen LogP contribution in [0.2, 0.25) is 0 Å². The van der Waals surface area contributed by atoms with Gasteiger partial charge in [-0.2, -0.15) is 0 Å². The van der Waals surface area contributed by atoms with Crippen LogP contribution in [0, 0.1) is 6.92 Å². The monoisotopic (exact) mass is 307 g/mol. The second-order valence-electron chi connectivity index (χ2n) is 5.05. The smallest absolute Gasteiger partial charge is 0.259 e. The number of hydrogen-bond acceptors (Lipinski definition) is 6. The maximum atomic E-state index is 12.4. The van der Waals surface area contributed by atoms with Gasteiger partial charge < -0.3 is 20.3 Å². The van der Waals surface area contributed by atoms with Gasteiger partial charge in [0.25, 0.3) is 5.91 Å². The van der Waals surface area contributed by atoms with Gasteiger partial charge in [0.1, 0.15) is 11.3 Å².